The van der Waals surface area contributed by atoms with E-state index in [1.165, 1.54) is 19.3 Å². The Hall–Kier alpha value is -1.41. The molecule has 0 aromatic carbocycles. The van der Waals surface area contributed by atoms with Gasteiger partial charge in [0.2, 0.25) is 10.0 Å². The van der Waals surface area contributed by atoms with E-state index in [1.54, 1.807) is 4.31 Å². The number of hydrogen-bond donors (Lipinski definition) is 0. The van der Waals surface area contributed by atoms with Gasteiger partial charge >= 0.3 is 0 Å². The predicted octanol–water partition coefficient (Wildman–Crippen LogP) is 2.11. The SMILES string of the molecule is CCCS(=O)(=O)N1CCN(c2ccc(N3CCCCC3CC)nn2)CC1. The Bertz CT molecular complexity index is 671. The van der Waals surface area contributed by atoms with Crippen LogP contribution in [0, 0.1) is 0 Å². The lowest BCUT2D eigenvalue weighted by atomic mass is 10.0. The van der Waals surface area contributed by atoms with Gasteiger partial charge in [-0.15, -0.1) is 10.2 Å². The highest BCUT2D eigenvalue weighted by Gasteiger charge is 2.27. The van der Waals surface area contributed by atoms with Gasteiger partial charge in [0.15, 0.2) is 11.6 Å². The maximum absolute atomic E-state index is 12.2. The van der Waals surface area contributed by atoms with Gasteiger partial charge in [0.05, 0.1) is 5.75 Å². The Labute approximate surface area is 157 Å². The molecule has 2 fully saturated rings. The minimum Gasteiger partial charge on any atom is -0.352 e. The quantitative estimate of drug-likeness (QED) is 0.752. The van der Waals surface area contributed by atoms with Crippen LogP contribution < -0.4 is 9.80 Å². The molecule has 1 aromatic rings. The van der Waals surface area contributed by atoms with Crippen molar-refractivity contribution in [1.29, 1.82) is 0 Å². The van der Waals surface area contributed by atoms with Crippen molar-refractivity contribution in [1.82, 2.24) is 14.5 Å². The van der Waals surface area contributed by atoms with E-state index in [1.807, 2.05) is 13.0 Å². The summed E-state index contributed by atoms with van der Waals surface area (Å²) in [5.41, 5.74) is 0. The maximum Gasteiger partial charge on any atom is 0.214 e. The molecule has 146 valence electrons. The summed E-state index contributed by atoms with van der Waals surface area (Å²) < 4.78 is 26.0. The van der Waals surface area contributed by atoms with E-state index >= 15 is 0 Å². The zero-order chi connectivity index (χ0) is 18.6. The van der Waals surface area contributed by atoms with Gasteiger partial charge in [0.1, 0.15) is 0 Å². The van der Waals surface area contributed by atoms with Crippen molar-refractivity contribution in [3.63, 3.8) is 0 Å². The van der Waals surface area contributed by atoms with E-state index in [0.29, 0.717) is 38.6 Å². The fraction of sp³-hybridized carbons (Fsp3) is 0.778. The van der Waals surface area contributed by atoms with Crippen LogP contribution >= 0.6 is 0 Å². The van der Waals surface area contributed by atoms with Crippen molar-refractivity contribution < 1.29 is 8.42 Å². The zero-order valence-corrected chi connectivity index (χ0v) is 16.8. The first-order valence-corrected chi connectivity index (χ1v) is 11.5. The third-order valence-corrected chi connectivity index (χ3v) is 7.52. The fourth-order valence-electron chi connectivity index (χ4n) is 3.95. The van der Waals surface area contributed by atoms with Crippen LogP contribution in [0.25, 0.3) is 0 Å². The average molecular weight is 382 g/mol. The summed E-state index contributed by atoms with van der Waals surface area (Å²) in [6.07, 6.45) is 5.54. The highest BCUT2D eigenvalue weighted by atomic mass is 32.2. The van der Waals surface area contributed by atoms with Gasteiger partial charge in [-0.25, -0.2) is 8.42 Å². The number of aromatic nitrogens is 2. The second-order valence-electron chi connectivity index (χ2n) is 7.20. The molecular formula is C18H31N5O2S. The fourth-order valence-corrected chi connectivity index (χ4v) is 5.44. The molecule has 0 aliphatic carbocycles. The molecule has 0 saturated carbocycles. The van der Waals surface area contributed by atoms with Crippen LogP contribution in [0.15, 0.2) is 12.1 Å². The second kappa shape index (κ2) is 8.52. The van der Waals surface area contributed by atoms with Crippen LogP contribution in [0.2, 0.25) is 0 Å². The van der Waals surface area contributed by atoms with E-state index in [4.69, 9.17) is 0 Å². The highest BCUT2D eigenvalue weighted by molar-refractivity contribution is 7.89. The molecule has 1 atom stereocenters. The van der Waals surface area contributed by atoms with Gasteiger partial charge in [-0.1, -0.05) is 13.8 Å². The second-order valence-corrected chi connectivity index (χ2v) is 9.29. The lowest BCUT2D eigenvalue weighted by Gasteiger charge is -2.36. The number of hydrogen-bond acceptors (Lipinski definition) is 6. The van der Waals surface area contributed by atoms with Crippen molar-refractivity contribution >= 4 is 21.7 Å². The summed E-state index contributed by atoms with van der Waals surface area (Å²) in [5, 5.41) is 8.91. The molecule has 0 bridgehead atoms. The summed E-state index contributed by atoms with van der Waals surface area (Å²) in [6.45, 7) is 7.57. The number of nitrogens with zero attached hydrogens (tertiary/aromatic N) is 5. The van der Waals surface area contributed by atoms with E-state index in [-0.39, 0.29) is 5.75 Å². The number of anilines is 2. The normalized spacial score (nSPS) is 22.6. The molecule has 3 rings (SSSR count). The molecule has 0 spiro atoms. The predicted molar refractivity (Wildman–Crippen MR) is 105 cm³/mol. The summed E-state index contributed by atoms with van der Waals surface area (Å²) >= 11 is 0. The lowest BCUT2D eigenvalue weighted by Crippen LogP contribution is -2.49. The molecule has 2 aliphatic rings. The summed E-state index contributed by atoms with van der Waals surface area (Å²) in [5.74, 6) is 2.03. The van der Waals surface area contributed by atoms with Crippen LogP contribution in [0.4, 0.5) is 11.6 Å². The number of rotatable bonds is 6. The minimum absolute atomic E-state index is 0.232. The molecule has 26 heavy (non-hydrogen) atoms. The van der Waals surface area contributed by atoms with E-state index in [9.17, 15) is 8.42 Å². The van der Waals surface area contributed by atoms with E-state index in [0.717, 1.165) is 24.6 Å². The average Bonchev–Trinajstić information content (AvgIpc) is 2.68. The molecule has 7 nitrogen and oxygen atoms in total. The molecule has 2 saturated heterocycles. The standard InChI is InChI=1S/C18H31N5O2S/c1-3-15-26(24,25)22-13-11-21(12-14-22)17-8-9-18(20-19-17)23-10-6-5-7-16(23)4-2/h8-9,16H,3-7,10-15H2,1-2H3. The summed E-state index contributed by atoms with van der Waals surface area (Å²) in [6, 6.07) is 4.66. The van der Waals surface area contributed by atoms with Gasteiger partial charge in [-0.2, -0.15) is 4.31 Å². The first kappa shape index (κ1) is 19.4. The lowest BCUT2D eigenvalue weighted by molar-refractivity contribution is 0.383. The van der Waals surface area contributed by atoms with Crippen LogP contribution in [0.5, 0.6) is 0 Å². The van der Waals surface area contributed by atoms with Gasteiger partial charge in [-0.3, -0.25) is 0 Å². The molecule has 1 unspecified atom stereocenters. The Morgan fingerprint density at radius 1 is 1.00 bits per heavy atom. The highest BCUT2D eigenvalue weighted by Crippen LogP contribution is 2.25. The summed E-state index contributed by atoms with van der Waals surface area (Å²) in [4.78, 5) is 4.51. The smallest absolute Gasteiger partial charge is 0.214 e. The number of piperidine rings is 1. The van der Waals surface area contributed by atoms with Crippen molar-refractivity contribution in [2.75, 3.05) is 48.3 Å². The third kappa shape index (κ3) is 4.28. The van der Waals surface area contributed by atoms with Crippen LogP contribution in [-0.4, -0.2) is 67.4 Å². The molecule has 8 heteroatoms. The zero-order valence-electron chi connectivity index (χ0n) is 16.0. The molecule has 0 radical (unpaired) electrons. The Morgan fingerprint density at radius 3 is 2.31 bits per heavy atom. The minimum atomic E-state index is -3.11. The van der Waals surface area contributed by atoms with E-state index in [2.05, 4.69) is 33.0 Å². The Balaban J connectivity index is 1.61. The van der Waals surface area contributed by atoms with Crippen LogP contribution in [0.3, 0.4) is 0 Å². The van der Waals surface area contributed by atoms with Crippen LogP contribution in [-0.2, 0) is 10.0 Å². The van der Waals surface area contributed by atoms with E-state index < -0.39 is 10.0 Å². The number of sulfonamides is 1. The van der Waals surface area contributed by atoms with Gasteiger partial charge < -0.3 is 9.80 Å². The van der Waals surface area contributed by atoms with Crippen molar-refractivity contribution in [2.24, 2.45) is 0 Å². The van der Waals surface area contributed by atoms with Crippen molar-refractivity contribution in [2.45, 2.75) is 52.0 Å². The molecule has 0 N–H and O–H groups in total. The van der Waals surface area contributed by atoms with Gasteiger partial charge in [-0.05, 0) is 44.2 Å². The van der Waals surface area contributed by atoms with Gasteiger partial charge in [0.25, 0.3) is 0 Å². The van der Waals surface area contributed by atoms with Gasteiger partial charge in [0, 0.05) is 38.8 Å². The van der Waals surface area contributed by atoms with Crippen molar-refractivity contribution in [3.05, 3.63) is 12.1 Å². The molecular weight excluding hydrogens is 350 g/mol. The Morgan fingerprint density at radius 2 is 1.69 bits per heavy atom. The molecule has 1 aromatic heterocycles. The summed E-state index contributed by atoms with van der Waals surface area (Å²) in [7, 11) is -3.11. The monoisotopic (exact) mass is 381 g/mol. The molecule has 2 aliphatic heterocycles. The molecule has 0 amide bonds. The Kier molecular flexibility index (Phi) is 6.34. The largest absolute Gasteiger partial charge is 0.352 e. The van der Waals surface area contributed by atoms with Crippen LogP contribution in [0.1, 0.15) is 46.0 Å². The maximum atomic E-state index is 12.2. The number of piperazine rings is 1. The third-order valence-electron chi connectivity index (χ3n) is 5.45. The molecule has 3 heterocycles. The first-order chi connectivity index (χ1) is 12.5. The van der Waals surface area contributed by atoms with Crippen molar-refractivity contribution in [3.8, 4) is 0 Å². The topological polar surface area (TPSA) is 69.6 Å². The first-order valence-electron chi connectivity index (χ1n) is 9.88.